The first-order valence-electron chi connectivity index (χ1n) is 5.95. The van der Waals surface area contributed by atoms with Crippen LogP contribution in [0, 0.1) is 10.1 Å². The average molecular weight is 409 g/mol. The van der Waals surface area contributed by atoms with Gasteiger partial charge in [0.05, 0.1) is 26.2 Å². The molecule has 1 aromatic carbocycles. The molecule has 0 amide bonds. The molecule has 0 aliphatic heterocycles. The van der Waals surface area contributed by atoms with Crippen molar-refractivity contribution in [1.29, 1.82) is 0 Å². The molecule has 0 spiro atoms. The third-order valence-electron chi connectivity index (χ3n) is 2.82. The molecule has 2 N–H and O–H groups in total. The molecule has 0 atom stereocenters. The lowest BCUT2D eigenvalue weighted by atomic mass is 10.2. The van der Waals surface area contributed by atoms with Crippen LogP contribution < -0.4 is 5.32 Å². The first-order chi connectivity index (χ1) is 11.3. The second-order valence-electron chi connectivity index (χ2n) is 4.49. The van der Waals surface area contributed by atoms with Crippen LogP contribution in [0.15, 0.2) is 12.1 Å². The zero-order valence-corrected chi connectivity index (χ0v) is 12.9. The van der Waals surface area contributed by atoms with Gasteiger partial charge in [-0.1, -0.05) is 23.2 Å². The molecule has 136 valence electrons. The summed E-state index contributed by atoms with van der Waals surface area (Å²) in [5.74, 6) is -0.916. The highest BCUT2D eigenvalue weighted by Gasteiger charge is 2.43. The van der Waals surface area contributed by atoms with E-state index in [-0.39, 0.29) is 0 Å². The summed E-state index contributed by atoms with van der Waals surface area (Å²) in [5.41, 5.74) is -4.89. The number of halogens is 8. The van der Waals surface area contributed by atoms with Crippen LogP contribution in [-0.2, 0) is 12.4 Å². The number of nitrogens with zero attached hydrogens (tertiary/aromatic N) is 2. The minimum absolute atomic E-state index is 0.457. The summed E-state index contributed by atoms with van der Waals surface area (Å²) in [4.78, 5) is 9.53. The SMILES string of the molecule is O=[N+]([O-])c1c(Nc2c(Cl)cc(C(F)(F)F)cc2Cl)n[nH]c1C(F)(F)F. The van der Waals surface area contributed by atoms with Crippen LogP contribution in [0.25, 0.3) is 0 Å². The first kappa shape index (κ1) is 19.1. The number of aromatic nitrogens is 2. The van der Waals surface area contributed by atoms with E-state index in [4.69, 9.17) is 23.2 Å². The Bertz CT molecular complexity index is 810. The van der Waals surface area contributed by atoms with Gasteiger partial charge in [0.2, 0.25) is 11.5 Å². The molecule has 1 heterocycles. The third-order valence-corrected chi connectivity index (χ3v) is 3.42. The quantitative estimate of drug-likeness (QED) is 0.404. The van der Waals surface area contributed by atoms with Crippen molar-refractivity contribution in [3.63, 3.8) is 0 Å². The minimum Gasteiger partial charge on any atom is -0.331 e. The van der Waals surface area contributed by atoms with E-state index in [1.54, 1.807) is 0 Å². The number of hydrogen-bond acceptors (Lipinski definition) is 4. The monoisotopic (exact) mass is 408 g/mol. The number of benzene rings is 1. The number of anilines is 2. The zero-order valence-electron chi connectivity index (χ0n) is 11.4. The molecule has 6 nitrogen and oxygen atoms in total. The maximum absolute atomic E-state index is 12.7. The van der Waals surface area contributed by atoms with Crippen LogP contribution in [0.5, 0.6) is 0 Å². The number of alkyl halides is 6. The van der Waals surface area contributed by atoms with Crippen molar-refractivity contribution in [3.8, 4) is 0 Å². The van der Waals surface area contributed by atoms with Crippen molar-refractivity contribution in [2.24, 2.45) is 0 Å². The van der Waals surface area contributed by atoms with E-state index in [0.29, 0.717) is 12.1 Å². The van der Waals surface area contributed by atoms with E-state index in [9.17, 15) is 36.5 Å². The smallest absolute Gasteiger partial charge is 0.331 e. The molecule has 0 radical (unpaired) electrons. The molecule has 2 rings (SSSR count). The maximum Gasteiger partial charge on any atom is 0.439 e. The van der Waals surface area contributed by atoms with E-state index in [0.717, 1.165) is 0 Å². The van der Waals surface area contributed by atoms with Gasteiger partial charge in [-0.05, 0) is 12.1 Å². The predicted molar refractivity (Wildman–Crippen MR) is 75.0 cm³/mol. The number of nitro groups is 1. The molecule has 1 aromatic heterocycles. The van der Waals surface area contributed by atoms with Gasteiger partial charge in [0.1, 0.15) is 0 Å². The van der Waals surface area contributed by atoms with E-state index in [1.807, 2.05) is 5.32 Å². The van der Waals surface area contributed by atoms with Crippen molar-refractivity contribution in [2.75, 3.05) is 5.32 Å². The Kier molecular flexibility index (Phi) is 4.79. The molecule has 0 unspecified atom stereocenters. The molecule has 14 heteroatoms. The highest BCUT2D eigenvalue weighted by Crippen LogP contribution is 2.43. The fraction of sp³-hybridized carbons (Fsp3) is 0.182. The summed E-state index contributed by atoms with van der Waals surface area (Å²) >= 11 is 11.3. The fourth-order valence-corrected chi connectivity index (χ4v) is 2.35. The van der Waals surface area contributed by atoms with Crippen molar-refractivity contribution in [3.05, 3.63) is 43.5 Å². The Balaban J connectivity index is 2.51. The topological polar surface area (TPSA) is 83.8 Å². The lowest BCUT2D eigenvalue weighted by molar-refractivity contribution is -0.387. The second-order valence-corrected chi connectivity index (χ2v) is 5.30. The van der Waals surface area contributed by atoms with Gasteiger partial charge in [0.15, 0.2) is 0 Å². The van der Waals surface area contributed by atoms with E-state index in [2.05, 4.69) is 5.10 Å². The lowest BCUT2D eigenvalue weighted by Crippen LogP contribution is -2.09. The van der Waals surface area contributed by atoms with Crippen LogP contribution in [0.1, 0.15) is 11.3 Å². The summed E-state index contributed by atoms with van der Waals surface area (Å²) in [6, 6.07) is 0.915. The molecule has 0 bridgehead atoms. The molecule has 0 saturated heterocycles. The van der Waals surface area contributed by atoms with Crippen molar-refractivity contribution < 1.29 is 31.3 Å². The summed E-state index contributed by atoms with van der Waals surface area (Å²) in [6.45, 7) is 0. The maximum atomic E-state index is 12.7. The molecule has 0 fully saturated rings. The number of hydrogen-bond donors (Lipinski definition) is 2. The molecule has 0 saturated carbocycles. The Morgan fingerprint density at radius 1 is 1.08 bits per heavy atom. The fourth-order valence-electron chi connectivity index (χ4n) is 1.77. The van der Waals surface area contributed by atoms with E-state index < -0.39 is 55.8 Å². The lowest BCUT2D eigenvalue weighted by Gasteiger charge is -2.12. The largest absolute Gasteiger partial charge is 0.439 e. The molecule has 0 aliphatic rings. The minimum atomic E-state index is -5.11. The molecule has 0 aliphatic carbocycles. The summed E-state index contributed by atoms with van der Waals surface area (Å²) in [7, 11) is 0. The Hall–Kier alpha value is -2.21. The molecular formula is C11H4Cl2F6N4O2. The second kappa shape index (κ2) is 6.26. The van der Waals surface area contributed by atoms with Gasteiger partial charge < -0.3 is 5.32 Å². The number of rotatable bonds is 3. The van der Waals surface area contributed by atoms with Gasteiger partial charge in [-0.3, -0.25) is 15.2 Å². The van der Waals surface area contributed by atoms with Crippen molar-refractivity contribution in [1.82, 2.24) is 10.2 Å². The van der Waals surface area contributed by atoms with Crippen LogP contribution in [0.2, 0.25) is 10.0 Å². The number of H-pyrrole nitrogens is 1. The van der Waals surface area contributed by atoms with Gasteiger partial charge in [0, 0.05) is 0 Å². The predicted octanol–water partition coefficient (Wildman–Crippen LogP) is 5.41. The van der Waals surface area contributed by atoms with Gasteiger partial charge in [-0.25, -0.2) is 0 Å². The highest BCUT2D eigenvalue weighted by atomic mass is 35.5. The van der Waals surface area contributed by atoms with Crippen molar-refractivity contribution in [2.45, 2.75) is 12.4 Å². The van der Waals surface area contributed by atoms with Crippen LogP contribution >= 0.6 is 23.2 Å². The zero-order chi connectivity index (χ0) is 19.2. The van der Waals surface area contributed by atoms with Crippen LogP contribution in [0.4, 0.5) is 43.5 Å². The third kappa shape index (κ3) is 3.90. The first-order valence-corrected chi connectivity index (χ1v) is 6.71. The standard InChI is InChI=1S/C11H4Cl2F6N4O2/c12-4-1-3(10(14,15)16)2-5(13)6(4)20-9-7(23(24)25)8(21-22-9)11(17,18)19/h1-2H,(H2,20,21,22). The van der Waals surface area contributed by atoms with Gasteiger partial charge in [-0.2, -0.15) is 26.3 Å². The number of nitrogens with one attached hydrogen (secondary N) is 2. The Labute approximate surface area is 143 Å². The van der Waals surface area contributed by atoms with Gasteiger partial charge in [0.25, 0.3) is 0 Å². The van der Waals surface area contributed by atoms with Gasteiger partial charge in [-0.15, -0.1) is 5.10 Å². The Morgan fingerprint density at radius 3 is 2.00 bits per heavy atom. The molecular weight excluding hydrogens is 405 g/mol. The van der Waals surface area contributed by atoms with Crippen LogP contribution in [-0.4, -0.2) is 15.1 Å². The van der Waals surface area contributed by atoms with E-state index in [1.165, 1.54) is 5.10 Å². The summed E-state index contributed by atoms with van der Waals surface area (Å²) < 4.78 is 76.1. The van der Waals surface area contributed by atoms with Crippen molar-refractivity contribution >= 4 is 40.4 Å². The van der Waals surface area contributed by atoms with Crippen LogP contribution in [0.3, 0.4) is 0 Å². The normalized spacial score (nSPS) is 12.3. The summed E-state index contributed by atoms with van der Waals surface area (Å²) in [6.07, 6.45) is -9.88. The number of aromatic amines is 1. The Morgan fingerprint density at radius 2 is 1.60 bits per heavy atom. The summed E-state index contributed by atoms with van der Waals surface area (Å²) in [5, 5.41) is 16.3. The molecule has 25 heavy (non-hydrogen) atoms. The molecule has 2 aromatic rings. The highest BCUT2D eigenvalue weighted by molar-refractivity contribution is 6.39. The average Bonchev–Trinajstić information content (AvgIpc) is 2.85. The van der Waals surface area contributed by atoms with E-state index >= 15 is 0 Å². The van der Waals surface area contributed by atoms with Gasteiger partial charge >= 0.3 is 18.0 Å².